The number of sulfonamides is 1. The van der Waals surface area contributed by atoms with Crippen LogP contribution >= 0.6 is 23.2 Å². The van der Waals surface area contributed by atoms with Crippen LogP contribution in [0.1, 0.15) is 5.69 Å². The second-order valence-electron chi connectivity index (χ2n) is 5.22. The molecule has 0 radical (unpaired) electrons. The third kappa shape index (κ3) is 3.94. The van der Waals surface area contributed by atoms with Crippen LogP contribution in [0.15, 0.2) is 29.2 Å². The zero-order valence-electron chi connectivity index (χ0n) is 14.1. The summed E-state index contributed by atoms with van der Waals surface area (Å²) in [6, 6.07) is 5.13. The van der Waals surface area contributed by atoms with Crippen LogP contribution in [0.3, 0.4) is 0 Å². The monoisotopic (exact) mass is 422 g/mol. The van der Waals surface area contributed by atoms with E-state index in [1.165, 1.54) is 26.3 Å². The van der Waals surface area contributed by atoms with E-state index >= 15 is 0 Å². The van der Waals surface area contributed by atoms with Crippen molar-refractivity contribution in [1.82, 2.24) is 9.04 Å². The van der Waals surface area contributed by atoms with E-state index in [4.69, 9.17) is 28.0 Å². The standard InChI is InChI=1S/C14H16Cl2N4O5S/c1-18-10(6-11(15)14(18)16)8-17-12-5-4-9(20(21)22)7-13(12)26(23,24)19(2)25-3/h4-7,17H,8H2,1-3H3. The maximum Gasteiger partial charge on any atom is 0.270 e. The van der Waals surface area contributed by atoms with Gasteiger partial charge in [0, 0.05) is 31.9 Å². The summed E-state index contributed by atoms with van der Waals surface area (Å²) in [6.45, 7) is 0.194. The summed E-state index contributed by atoms with van der Waals surface area (Å²) in [7, 11) is -0.0364. The Bertz CT molecular complexity index is 945. The average molecular weight is 423 g/mol. The zero-order chi connectivity index (χ0) is 19.6. The van der Waals surface area contributed by atoms with Gasteiger partial charge < -0.3 is 9.88 Å². The van der Waals surface area contributed by atoms with Gasteiger partial charge in [-0.1, -0.05) is 27.7 Å². The summed E-state index contributed by atoms with van der Waals surface area (Å²) in [5.74, 6) is 0. The number of nitro groups is 1. The smallest absolute Gasteiger partial charge is 0.270 e. The summed E-state index contributed by atoms with van der Waals surface area (Å²) in [5, 5.41) is 14.7. The minimum absolute atomic E-state index is 0.174. The van der Waals surface area contributed by atoms with Gasteiger partial charge in [-0.15, -0.1) is 0 Å². The second kappa shape index (κ2) is 7.80. The van der Waals surface area contributed by atoms with Gasteiger partial charge in [0.1, 0.15) is 10.0 Å². The third-order valence-electron chi connectivity index (χ3n) is 3.73. The lowest BCUT2D eigenvalue weighted by molar-refractivity contribution is -0.385. The second-order valence-corrected chi connectivity index (χ2v) is 7.89. The van der Waals surface area contributed by atoms with E-state index in [0.29, 0.717) is 20.3 Å². The highest BCUT2D eigenvalue weighted by Crippen LogP contribution is 2.30. The minimum Gasteiger partial charge on any atom is -0.378 e. The molecule has 1 heterocycles. The summed E-state index contributed by atoms with van der Waals surface area (Å²) in [6.07, 6.45) is 0. The number of hydroxylamine groups is 1. The largest absolute Gasteiger partial charge is 0.378 e. The van der Waals surface area contributed by atoms with E-state index in [1.54, 1.807) is 17.7 Å². The summed E-state index contributed by atoms with van der Waals surface area (Å²) >= 11 is 12.0. The molecule has 1 aromatic carbocycles. The van der Waals surface area contributed by atoms with Crippen LogP contribution < -0.4 is 5.32 Å². The number of rotatable bonds is 7. The molecule has 0 unspecified atom stereocenters. The van der Waals surface area contributed by atoms with Crippen LogP contribution in [0.2, 0.25) is 10.2 Å². The lowest BCUT2D eigenvalue weighted by Crippen LogP contribution is -2.26. The Hall–Kier alpha value is -1.85. The number of hydrogen-bond acceptors (Lipinski definition) is 6. The first-order valence-corrected chi connectivity index (χ1v) is 9.34. The Kier molecular flexibility index (Phi) is 6.14. The molecule has 0 aliphatic heterocycles. The molecule has 0 saturated heterocycles. The van der Waals surface area contributed by atoms with Crippen molar-refractivity contribution < 1.29 is 18.2 Å². The van der Waals surface area contributed by atoms with Crippen molar-refractivity contribution in [3.05, 3.63) is 50.2 Å². The molecule has 0 fully saturated rings. The van der Waals surface area contributed by atoms with Crippen molar-refractivity contribution in [3.63, 3.8) is 0 Å². The Balaban J connectivity index is 2.44. The van der Waals surface area contributed by atoms with Crippen LogP contribution in [-0.2, 0) is 28.5 Å². The van der Waals surface area contributed by atoms with E-state index in [-0.39, 0.29) is 22.8 Å². The topological polar surface area (TPSA) is 107 Å². The van der Waals surface area contributed by atoms with Gasteiger partial charge >= 0.3 is 0 Å². The normalized spacial score (nSPS) is 11.8. The summed E-state index contributed by atoms with van der Waals surface area (Å²) in [4.78, 5) is 14.8. The van der Waals surface area contributed by atoms with Gasteiger partial charge in [0.25, 0.3) is 15.7 Å². The highest BCUT2D eigenvalue weighted by molar-refractivity contribution is 7.89. The van der Waals surface area contributed by atoms with Crippen LogP contribution in [0, 0.1) is 10.1 Å². The summed E-state index contributed by atoms with van der Waals surface area (Å²) in [5.41, 5.74) is 0.512. The number of nitro benzene ring substituents is 1. The highest BCUT2D eigenvalue weighted by Gasteiger charge is 2.27. The van der Waals surface area contributed by atoms with Crippen molar-refractivity contribution in [2.24, 2.45) is 7.05 Å². The molecule has 0 spiro atoms. The fourth-order valence-electron chi connectivity index (χ4n) is 2.17. The Morgan fingerprint density at radius 1 is 1.35 bits per heavy atom. The lowest BCUT2D eigenvalue weighted by atomic mass is 10.2. The van der Waals surface area contributed by atoms with Gasteiger partial charge in [-0.25, -0.2) is 8.42 Å². The molecule has 2 aromatic rings. The number of nitrogens with one attached hydrogen (secondary N) is 1. The Morgan fingerprint density at radius 3 is 2.50 bits per heavy atom. The van der Waals surface area contributed by atoms with Crippen molar-refractivity contribution in [2.45, 2.75) is 11.4 Å². The number of non-ortho nitro benzene ring substituents is 1. The van der Waals surface area contributed by atoms with Gasteiger partial charge in [0.15, 0.2) is 0 Å². The molecule has 2 rings (SSSR count). The highest BCUT2D eigenvalue weighted by atomic mass is 35.5. The molecule has 26 heavy (non-hydrogen) atoms. The molecule has 0 saturated carbocycles. The predicted octanol–water partition coefficient (Wildman–Crippen LogP) is 3.03. The molecule has 1 N–H and O–H groups in total. The molecule has 1 aromatic heterocycles. The van der Waals surface area contributed by atoms with Crippen molar-refractivity contribution >= 4 is 44.6 Å². The third-order valence-corrected chi connectivity index (χ3v) is 6.29. The predicted molar refractivity (Wildman–Crippen MR) is 97.8 cm³/mol. The number of hydrogen-bond donors (Lipinski definition) is 1. The number of halogens is 2. The van der Waals surface area contributed by atoms with E-state index in [0.717, 1.165) is 6.07 Å². The SMILES string of the molecule is CON(C)S(=O)(=O)c1cc([N+](=O)[O-])ccc1NCc1cc(Cl)c(Cl)n1C. The molecular formula is C14H16Cl2N4O5S. The molecule has 0 aliphatic rings. The van der Waals surface area contributed by atoms with Crippen molar-refractivity contribution in [2.75, 3.05) is 19.5 Å². The van der Waals surface area contributed by atoms with Gasteiger partial charge in [-0.2, -0.15) is 0 Å². The maximum absolute atomic E-state index is 12.6. The average Bonchev–Trinajstić information content (AvgIpc) is 2.85. The Labute approximate surface area is 160 Å². The first-order chi connectivity index (χ1) is 12.1. The van der Waals surface area contributed by atoms with E-state index < -0.39 is 14.9 Å². The first-order valence-electron chi connectivity index (χ1n) is 7.14. The van der Waals surface area contributed by atoms with Crippen LogP contribution in [0.4, 0.5) is 11.4 Å². The van der Waals surface area contributed by atoms with Gasteiger partial charge in [0.05, 0.1) is 29.3 Å². The number of nitrogens with zero attached hydrogens (tertiary/aromatic N) is 3. The van der Waals surface area contributed by atoms with Crippen LogP contribution in [0.25, 0.3) is 0 Å². The van der Waals surface area contributed by atoms with Crippen molar-refractivity contribution in [1.29, 1.82) is 0 Å². The molecule has 9 nitrogen and oxygen atoms in total. The lowest BCUT2D eigenvalue weighted by Gasteiger charge is -2.17. The minimum atomic E-state index is -4.11. The van der Waals surface area contributed by atoms with Crippen LogP contribution in [-0.4, -0.2) is 36.5 Å². The molecular weight excluding hydrogens is 407 g/mol. The number of anilines is 1. The van der Waals surface area contributed by atoms with E-state index in [2.05, 4.69) is 5.32 Å². The quantitative estimate of drug-likeness (QED) is 0.542. The molecule has 0 aliphatic carbocycles. The number of aromatic nitrogens is 1. The van der Waals surface area contributed by atoms with Crippen LogP contribution in [0.5, 0.6) is 0 Å². The fourth-order valence-corrected chi connectivity index (χ4v) is 3.74. The maximum atomic E-state index is 12.6. The molecule has 142 valence electrons. The van der Waals surface area contributed by atoms with Crippen molar-refractivity contribution in [3.8, 4) is 0 Å². The summed E-state index contributed by atoms with van der Waals surface area (Å²) < 4.78 is 27.4. The molecule has 0 bridgehead atoms. The van der Waals surface area contributed by atoms with Gasteiger partial charge in [-0.3, -0.25) is 15.0 Å². The zero-order valence-corrected chi connectivity index (χ0v) is 16.4. The van der Waals surface area contributed by atoms with Gasteiger partial charge in [-0.05, 0) is 12.1 Å². The molecule has 0 amide bonds. The Morgan fingerprint density at radius 2 is 2.00 bits per heavy atom. The molecule has 0 atom stereocenters. The van der Waals surface area contributed by atoms with E-state index in [9.17, 15) is 18.5 Å². The van der Waals surface area contributed by atoms with E-state index in [1.807, 2.05) is 0 Å². The van der Waals surface area contributed by atoms with Gasteiger partial charge in [0.2, 0.25) is 0 Å². The molecule has 12 heteroatoms. The number of benzene rings is 1. The fraction of sp³-hybridized carbons (Fsp3) is 0.286. The first kappa shape index (κ1) is 20.5.